The Morgan fingerprint density at radius 1 is 1.17 bits per heavy atom. The third-order valence-electron chi connectivity index (χ3n) is 2.36. The van der Waals surface area contributed by atoms with E-state index in [9.17, 15) is 14.4 Å². The van der Waals surface area contributed by atoms with Crippen LogP contribution in [0.2, 0.25) is 0 Å². The first-order chi connectivity index (χ1) is 8.45. The number of methoxy groups -OCH3 is 1. The van der Waals surface area contributed by atoms with Crippen molar-refractivity contribution in [2.45, 2.75) is 0 Å². The molecule has 2 N–H and O–H groups in total. The minimum atomic E-state index is -0.558. The Bertz CT molecular complexity index is 467. The first-order valence-corrected chi connectivity index (χ1v) is 5.18. The molecule has 0 aromatic heterocycles. The lowest BCUT2D eigenvalue weighted by molar-refractivity contribution is -0.141. The van der Waals surface area contributed by atoms with Gasteiger partial charge in [-0.15, -0.1) is 0 Å². The molecule has 6 nitrogen and oxygen atoms in total. The number of hydrogen-bond acceptors (Lipinski definition) is 4. The smallest absolute Gasteiger partial charge is 0.325 e. The summed E-state index contributed by atoms with van der Waals surface area (Å²) >= 11 is 0. The zero-order valence-electron chi connectivity index (χ0n) is 10.2. The number of esters is 1. The largest absolute Gasteiger partial charge is 0.468 e. The number of hydrogen-bond donors (Lipinski definition) is 1. The van der Waals surface area contributed by atoms with Crippen LogP contribution in [0.15, 0.2) is 24.3 Å². The number of benzene rings is 1. The molecule has 0 saturated heterocycles. The molecule has 0 unspecified atom stereocenters. The molecule has 1 rings (SSSR count). The number of nitrogens with zero attached hydrogens (tertiary/aromatic N) is 1. The molecule has 1 aromatic rings. The minimum Gasteiger partial charge on any atom is -0.468 e. The number of amides is 2. The summed E-state index contributed by atoms with van der Waals surface area (Å²) in [6.07, 6.45) is 0. The Kier molecular flexibility index (Phi) is 4.42. The van der Waals surface area contributed by atoms with E-state index < -0.39 is 11.9 Å². The lowest BCUT2D eigenvalue weighted by atomic mass is 10.1. The van der Waals surface area contributed by atoms with Gasteiger partial charge in [0, 0.05) is 18.2 Å². The monoisotopic (exact) mass is 250 g/mol. The molecule has 1 aromatic carbocycles. The number of ether oxygens (including phenoxy) is 1. The SMILES string of the molecule is COC(=O)CN(C)C(=O)c1ccc(C(N)=O)cc1. The number of nitrogens with two attached hydrogens (primary N) is 1. The molecular weight excluding hydrogens is 236 g/mol. The van der Waals surface area contributed by atoms with Crippen LogP contribution in [0.1, 0.15) is 20.7 Å². The van der Waals surface area contributed by atoms with Crippen LogP contribution in [0.3, 0.4) is 0 Å². The normalized spacial score (nSPS) is 9.67. The first-order valence-electron chi connectivity index (χ1n) is 5.18. The van der Waals surface area contributed by atoms with Crippen LogP contribution in [-0.2, 0) is 9.53 Å². The van der Waals surface area contributed by atoms with Gasteiger partial charge in [-0.05, 0) is 24.3 Å². The van der Waals surface area contributed by atoms with Gasteiger partial charge in [0.15, 0.2) is 0 Å². The van der Waals surface area contributed by atoms with Crippen molar-refractivity contribution < 1.29 is 19.1 Å². The Morgan fingerprint density at radius 3 is 2.11 bits per heavy atom. The van der Waals surface area contributed by atoms with Crippen LogP contribution >= 0.6 is 0 Å². The van der Waals surface area contributed by atoms with Gasteiger partial charge in [0.25, 0.3) is 5.91 Å². The van der Waals surface area contributed by atoms with Gasteiger partial charge in [-0.3, -0.25) is 14.4 Å². The van der Waals surface area contributed by atoms with Crippen LogP contribution in [0.25, 0.3) is 0 Å². The fourth-order valence-electron chi connectivity index (χ4n) is 1.33. The number of primary amides is 1. The average Bonchev–Trinajstić information content (AvgIpc) is 2.37. The maximum atomic E-state index is 11.9. The van der Waals surface area contributed by atoms with E-state index in [0.29, 0.717) is 11.1 Å². The van der Waals surface area contributed by atoms with Crippen LogP contribution < -0.4 is 5.73 Å². The summed E-state index contributed by atoms with van der Waals surface area (Å²) in [4.78, 5) is 35.0. The summed E-state index contributed by atoms with van der Waals surface area (Å²) in [7, 11) is 2.74. The molecule has 18 heavy (non-hydrogen) atoms. The van der Waals surface area contributed by atoms with Crippen molar-refractivity contribution in [1.82, 2.24) is 4.90 Å². The van der Waals surface area contributed by atoms with Crippen molar-refractivity contribution in [3.63, 3.8) is 0 Å². The topological polar surface area (TPSA) is 89.7 Å². The lowest BCUT2D eigenvalue weighted by Gasteiger charge is -2.15. The van der Waals surface area contributed by atoms with Crippen molar-refractivity contribution >= 4 is 17.8 Å². The van der Waals surface area contributed by atoms with E-state index in [1.807, 2.05) is 0 Å². The van der Waals surface area contributed by atoms with Crippen molar-refractivity contribution in [3.8, 4) is 0 Å². The van der Waals surface area contributed by atoms with Crippen LogP contribution in [-0.4, -0.2) is 43.4 Å². The van der Waals surface area contributed by atoms with E-state index in [1.54, 1.807) is 0 Å². The number of likely N-dealkylation sites (N-methyl/N-ethyl adjacent to an activating group) is 1. The molecule has 0 radical (unpaired) electrons. The fraction of sp³-hybridized carbons (Fsp3) is 0.250. The predicted molar refractivity (Wildman–Crippen MR) is 63.9 cm³/mol. The molecule has 0 aliphatic rings. The van der Waals surface area contributed by atoms with E-state index in [2.05, 4.69) is 4.74 Å². The second-order valence-corrected chi connectivity index (χ2v) is 3.68. The summed E-state index contributed by atoms with van der Waals surface area (Å²) in [5.41, 5.74) is 5.78. The molecule has 0 spiro atoms. The summed E-state index contributed by atoms with van der Waals surface area (Å²) in [6.45, 7) is -0.132. The summed E-state index contributed by atoms with van der Waals surface area (Å²) in [6, 6.07) is 5.88. The number of carbonyl (C=O) groups is 3. The quantitative estimate of drug-likeness (QED) is 0.763. The van der Waals surface area contributed by atoms with Gasteiger partial charge in [-0.2, -0.15) is 0 Å². The van der Waals surface area contributed by atoms with E-state index in [0.717, 1.165) is 0 Å². The van der Waals surface area contributed by atoms with Gasteiger partial charge < -0.3 is 15.4 Å². The highest BCUT2D eigenvalue weighted by atomic mass is 16.5. The maximum Gasteiger partial charge on any atom is 0.325 e. The summed E-state index contributed by atoms with van der Waals surface area (Å²) < 4.78 is 4.46. The standard InChI is InChI=1S/C12H14N2O4/c1-14(7-10(15)18-2)12(17)9-5-3-8(4-6-9)11(13)16/h3-6H,7H2,1-2H3,(H2,13,16). The highest BCUT2D eigenvalue weighted by Crippen LogP contribution is 2.06. The molecule has 0 heterocycles. The molecule has 96 valence electrons. The molecule has 6 heteroatoms. The Hall–Kier alpha value is -2.37. The number of rotatable bonds is 4. The summed E-state index contributed by atoms with van der Waals surface area (Å²) in [5.74, 6) is -1.40. The number of carbonyl (C=O) groups excluding carboxylic acids is 3. The first kappa shape index (κ1) is 13.7. The Balaban J connectivity index is 2.77. The Morgan fingerprint density at radius 2 is 1.67 bits per heavy atom. The van der Waals surface area contributed by atoms with Crippen molar-refractivity contribution in [1.29, 1.82) is 0 Å². The van der Waals surface area contributed by atoms with E-state index in [-0.39, 0.29) is 12.5 Å². The summed E-state index contributed by atoms with van der Waals surface area (Å²) in [5, 5.41) is 0. The van der Waals surface area contributed by atoms with Gasteiger partial charge >= 0.3 is 5.97 Å². The molecule has 0 saturated carbocycles. The second-order valence-electron chi connectivity index (χ2n) is 3.68. The molecule has 0 atom stereocenters. The van der Waals surface area contributed by atoms with Crippen LogP contribution in [0.5, 0.6) is 0 Å². The Labute approximate surface area is 104 Å². The van der Waals surface area contributed by atoms with Gasteiger partial charge in [0.05, 0.1) is 7.11 Å². The molecule has 0 bridgehead atoms. The predicted octanol–water partition coefficient (Wildman–Crippen LogP) is 0.0305. The zero-order valence-corrected chi connectivity index (χ0v) is 10.2. The molecule has 0 fully saturated rings. The second kappa shape index (κ2) is 5.81. The minimum absolute atomic E-state index is 0.132. The van der Waals surface area contributed by atoms with Crippen LogP contribution in [0.4, 0.5) is 0 Å². The molecule has 0 aliphatic heterocycles. The fourth-order valence-corrected chi connectivity index (χ4v) is 1.33. The highest BCUT2D eigenvalue weighted by Gasteiger charge is 2.15. The average molecular weight is 250 g/mol. The van der Waals surface area contributed by atoms with E-state index in [4.69, 9.17) is 5.73 Å². The van der Waals surface area contributed by atoms with Gasteiger partial charge in [-0.25, -0.2) is 0 Å². The van der Waals surface area contributed by atoms with Gasteiger partial charge in [0.2, 0.25) is 5.91 Å². The van der Waals surface area contributed by atoms with E-state index >= 15 is 0 Å². The van der Waals surface area contributed by atoms with E-state index in [1.165, 1.54) is 43.3 Å². The zero-order chi connectivity index (χ0) is 13.7. The van der Waals surface area contributed by atoms with Gasteiger partial charge in [-0.1, -0.05) is 0 Å². The van der Waals surface area contributed by atoms with Crippen molar-refractivity contribution in [3.05, 3.63) is 35.4 Å². The molecule has 2 amide bonds. The van der Waals surface area contributed by atoms with Gasteiger partial charge in [0.1, 0.15) is 6.54 Å². The third kappa shape index (κ3) is 3.31. The molecule has 0 aliphatic carbocycles. The van der Waals surface area contributed by atoms with Crippen molar-refractivity contribution in [2.24, 2.45) is 5.73 Å². The highest BCUT2D eigenvalue weighted by molar-refractivity contribution is 5.98. The van der Waals surface area contributed by atoms with Crippen LogP contribution in [0, 0.1) is 0 Å². The molecular formula is C12H14N2O4. The van der Waals surface area contributed by atoms with Crippen molar-refractivity contribution in [2.75, 3.05) is 20.7 Å². The third-order valence-corrected chi connectivity index (χ3v) is 2.36. The maximum absolute atomic E-state index is 11.9. The lowest BCUT2D eigenvalue weighted by Crippen LogP contribution is -2.32.